The normalized spacial score (nSPS) is 10.9. The molecule has 3 heterocycles. The van der Waals surface area contributed by atoms with Gasteiger partial charge in [0.2, 0.25) is 5.95 Å². The number of aryl methyl sites for hydroxylation is 1. The lowest BCUT2D eigenvalue weighted by atomic mass is 10.1. The van der Waals surface area contributed by atoms with Crippen LogP contribution in [0.15, 0.2) is 36.9 Å². The predicted octanol–water partition coefficient (Wildman–Crippen LogP) is 1.77. The van der Waals surface area contributed by atoms with Gasteiger partial charge in [0.05, 0.1) is 18.3 Å². The molecule has 3 aromatic rings. The number of aromatic nitrogens is 4. The second-order valence-electron chi connectivity index (χ2n) is 4.22. The van der Waals surface area contributed by atoms with Gasteiger partial charge in [-0.3, -0.25) is 9.97 Å². The molecule has 0 bridgehead atoms. The van der Waals surface area contributed by atoms with Crippen LogP contribution in [0.1, 0.15) is 11.1 Å². The Bertz CT molecular complexity index is 701. The number of anilines is 1. The Balaban J connectivity index is 2.10. The van der Waals surface area contributed by atoms with E-state index in [2.05, 4.69) is 15.0 Å². The van der Waals surface area contributed by atoms with Crippen LogP contribution in [0.5, 0.6) is 0 Å². The van der Waals surface area contributed by atoms with E-state index in [4.69, 9.17) is 5.73 Å². The first kappa shape index (κ1) is 10.7. The molecular weight excluding hydrogens is 226 g/mol. The van der Waals surface area contributed by atoms with E-state index in [-0.39, 0.29) is 0 Å². The van der Waals surface area contributed by atoms with Gasteiger partial charge in [-0.25, -0.2) is 4.98 Å². The quantitative estimate of drug-likeness (QED) is 0.739. The average Bonchev–Trinajstić information content (AvgIpc) is 2.69. The third kappa shape index (κ3) is 1.69. The Morgan fingerprint density at radius 1 is 1.17 bits per heavy atom. The first-order chi connectivity index (χ1) is 8.75. The number of nitrogens with two attached hydrogens (primary N) is 1. The number of imidazole rings is 1. The summed E-state index contributed by atoms with van der Waals surface area (Å²) in [5, 5.41) is 0. The molecule has 0 aromatic carbocycles. The molecule has 0 aliphatic carbocycles. The second kappa shape index (κ2) is 4.10. The van der Waals surface area contributed by atoms with Crippen LogP contribution in [-0.4, -0.2) is 19.5 Å². The van der Waals surface area contributed by atoms with Crippen LogP contribution in [0.2, 0.25) is 0 Å². The average molecular weight is 239 g/mol. The van der Waals surface area contributed by atoms with Crippen molar-refractivity contribution in [2.45, 2.75) is 13.5 Å². The maximum Gasteiger partial charge on any atom is 0.201 e. The largest absolute Gasteiger partial charge is 0.369 e. The van der Waals surface area contributed by atoms with Crippen molar-refractivity contribution in [2.75, 3.05) is 5.73 Å². The lowest BCUT2D eigenvalue weighted by molar-refractivity contribution is 0.829. The van der Waals surface area contributed by atoms with Crippen molar-refractivity contribution in [2.24, 2.45) is 0 Å². The topological polar surface area (TPSA) is 69.6 Å². The number of fused-ring (bicyclic) bond motifs is 1. The second-order valence-corrected chi connectivity index (χ2v) is 4.22. The highest BCUT2D eigenvalue weighted by molar-refractivity contribution is 5.77. The van der Waals surface area contributed by atoms with E-state index in [1.165, 1.54) is 5.56 Å². The maximum atomic E-state index is 5.96. The van der Waals surface area contributed by atoms with Gasteiger partial charge in [0.25, 0.3) is 0 Å². The molecule has 3 aromatic heterocycles. The molecule has 0 unspecified atom stereocenters. The minimum atomic E-state index is 0.509. The van der Waals surface area contributed by atoms with E-state index in [0.717, 1.165) is 16.6 Å². The van der Waals surface area contributed by atoms with Gasteiger partial charge in [0, 0.05) is 18.6 Å². The van der Waals surface area contributed by atoms with Crippen LogP contribution < -0.4 is 5.73 Å². The lowest BCUT2D eigenvalue weighted by Gasteiger charge is -2.08. The highest BCUT2D eigenvalue weighted by Crippen LogP contribution is 2.19. The summed E-state index contributed by atoms with van der Waals surface area (Å²) in [4.78, 5) is 12.4. The monoisotopic (exact) mass is 239 g/mol. The summed E-state index contributed by atoms with van der Waals surface area (Å²) >= 11 is 0. The predicted molar refractivity (Wildman–Crippen MR) is 70.0 cm³/mol. The molecule has 0 aliphatic heterocycles. The standard InChI is InChI=1S/C13H13N5/c1-9-6-15-4-2-10(9)8-18-12-3-5-16-7-11(12)17-13(18)14/h2-7H,8H2,1H3,(H2,14,17). The van der Waals surface area contributed by atoms with Gasteiger partial charge in [-0.15, -0.1) is 0 Å². The van der Waals surface area contributed by atoms with Crippen LogP contribution in [0, 0.1) is 6.92 Å². The zero-order valence-corrected chi connectivity index (χ0v) is 10.0. The molecule has 0 amide bonds. The summed E-state index contributed by atoms with van der Waals surface area (Å²) in [6, 6.07) is 3.93. The summed E-state index contributed by atoms with van der Waals surface area (Å²) in [6.07, 6.45) is 7.12. The Kier molecular flexibility index (Phi) is 2.44. The Morgan fingerprint density at radius 2 is 1.94 bits per heavy atom. The summed E-state index contributed by atoms with van der Waals surface area (Å²) < 4.78 is 1.99. The molecule has 90 valence electrons. The first-order valence-corrected chi connectivity index (χ1v) is 5.71. The molecule has 0 spiro atoms. The van der Waals surface area contributed by atoms with E-state index >= 15 is 0 Å². The van der Waals surface area contributed by atoms with Gasteiger partial charge in [-0.2, -0.15) is 0 Å². The SMILES string of the molecule is Cc1cnccc1Cn1c(N)nc2cnccc21. The van der Waals surface area contributed by atoms with Crippen molar-refractivity contribution in [1.29, 1.82) is 0 Å². The van der Waals surface area contributed by atoms with Crippen LogP contribution in [-0.2, 0) is 6.54 Å². The van der Waals surface area contributed by atoms with Crippen molar-refractivity contribution in [3.05, 3.63) is 48.0 Å². The molecule has 0 saturated carbocycles. The zero-order chi connectivity index (χ0) is 12.5. The summed E-state index contributed by atoms with van der Waals surface area (Å²) in [5.41, 5.74) is 10.1. The number of hydrogen-bond acceptors (Lipinski definition) is 4. The fourth-order valence-corrected chi connectivity index (χ4v) is 2.02. The van der Waals surface area contributed by atoms with Gasteiger partial charge in [-0.1, -0.05) is 0 Å². The molecule has 18 heavy (non-hydrogen) atoms. The molecule has 0 radical (unpaired) electrons. The van der Waals surface area contributed by atoms with Gasteiger partial charge < -0.3 is 10.3 Å². The first-order valence-electron chi connectivity index (χ1n) is 5.71. The minimum absolute atomic E-state index is 0.509. The number of nitrogens with zero attached hydrogens (tertiary/aromatic N) is 4. The van der Waals surface area contributed by atoms with Crippen molar-refractivity contribution in [1.82, 2.24) is 19.5 Å². The minimum Gasteiger partial charge on any atom is -0.369 e. The molecule has 2 N–H and O–H groups in total. The Labute approximate surface area is 104 Å². The van der Waals surface area contributed by atoms with Crippen molar-refractivity contribution in [3.8, 4) is 0 Å². The van der Waals surface area contributed by atoms with Gasteiger partial charge in [0.15, 0.2) is 0 Å². The Morgan fingerprint density at radius 3 is 2.78 bits per heavy atom. The lowest BCUT2D eigenvalue weighted by Crippen LogP contribution is -2.05. The summed E-state index contributed by atoms with van der Waals surface area (Å²) in [6.45, 7) is 2.74. The maximum absolute atomic E-state index is 5.96. The fourth-order valence-electron chi connectivity index (χ4n) is 2.02. The number of nitrogen functional groups attached to an aromatic ring is 1. The van der Waals surface area contributed by atoms with Crippen molar-refractivity contribution in [3.63, 3.8) is 0 Å². The summed E-state index contributed by atoms with van der Waals surface area (Å²) in [7, 11) is 0. The molecule has 0 aliphatic rings. The van der Waals surface area contributed by atoms with E-state index in [9.17, 15) is 0 Å². The Hall–Kier alpha value is -2.43. The molecular formula is C13H13N5. The van der Waals surface area contributed by atoms with Crippen molar-refractivity contribution >= 4 is 17.0 Å². The van der Waals surface area contributed by atoms with Crippen LogP contribution >= 0.6 is 0 Å². The van der Waals surface area contributed by atoms with Crippen molar-refractivity contribution < 1.29 is 0 Å². The van der Waals surface area contributed by atoms with Crippen LogP contribution in [0.3, 0.4) is 0 Å². The molecule has 0 saturated heterocycles. The van der Waals surface area contributed by atoms with Gasteiger partial charge in [0.1, 0.15) is 5.52 Å². The number of rotatable bonds is 2. The van der Waals surface area contributed by atoms with Gasteiger partial charge >= 0.3 is 0 Å². The van der Waals surface area contributed by atoms with E-state index < -0.39 is 0 Å². The molecule has 5 nitrogen and oxygen atoms in total. The zero-order valence-electron chi connectivity index (χ0n) is 10.0. The highest BCUT2D eigenvalue weighted by atomic mass is 15.2. The number of pyridine rings is 2. The number of hydrogen-bond donors (Lipinski definition) is 1. The molecule has 0 fully saturated rings. The van der Waals surface area contributed by atoms with Crippen LogP contribution in [0.4, 0.5) is 5.95 Å². The molecule has 5 heteroatoms. The molecule has 0 atom stereocenters. The highest BCUT2D eigenvalue weighted by Gasteiger charge is 2.09. The van der Waals surface area contributed by atoms with E-state index in [0.29, 0.717) is 12.5 Å². The van der Waals surface area contributed by atoms with E-state index in [1.54, 1.807) is 18.6 Å². The van der Waals surface area contributed by atoms with E-state index in [1.807, 2.05) is 29.8 Å². The summed E-state index contributed by atoms with van der Waals surface area (Å²) in [5.74, 6) is 0.509. The fraction of sp³-hybridized carbons (Fsp3) is 0.154. The third-order valence-corrected chi connectivity index (χ3v) is 3.05. The molecule has 3 rings (SSSR count). The van der Waals surface area contributed by atoms with Crippen LogP contribution in [0.25, 0.3) is 11.0 Å². The third-order valence-electron chi connectivity index (χ3n) is 3.05. The smallest absolute Gasteiger partial charge is 0.201 e. The van der Waals surface area contributed by atoms with Gasteiger partial charge in [-0.05, 0) is 30.2 Å².